The summed E-state index contributed by atoms with van der Waals surface area (Å²) < 4.78 is 0. The van der Waals surface area contributed by atoms with Crippen LogP contribution in [0, 0.1) is 0 Å². The number of aromatic carboxylic acids is 1. The first-order valence-electron chi connectivity index (χ1n) is 9.00. The molecule has 5 nitrogen and oxygen atoms in total. The lowest BCUT2D eigenvalue weighted by Gasteiger charge is -2.31. The number of amides is 1. The first-order valence-corrected chi connectivity index (χ1v) is 9.00. The number of hydrogen-bond donors (Lipinski definition) is 3. The molecule has 0 spiro atoms. The number of carbonyl (C=O) groups excluding carboxylic acids is 1. The number of nitrogens with one attached hydrogen (secondary N) is 2. The minimum absolute atomic E-state index is 0. The van der Waals surface area contributed by atoms with Gasteiger partial charge in [0, 0.05) is 6.04 Å². The number of hydrogen-bond acceptors (Lipinski definition) is 3. The standard InChI is InChI=1S/C19H26N2O3.ClH/c22-18(17-3-1-2-12-20-17)21-16-10-8-14(9-11-16)13-4-6-15(7-5-13)19(23)24;/h4-7,14,16-17,20H,1-3,8-12H2,(H,21,22)(H,23,24);1H/t14?,16?,17-;/m1./s1. The average molecular weight is 367 g/mol. The van der Waals surface area contributed by atoms with E-state index in [1.54, 1.807) is 12.1 Å². The highest BCUT2D eigenvalue weighted by Crippen LogP contribution is 2.33. The lowest BCUT2D eigenvalue weighted by atomic mass is 9.81. The highest BCUT2D eigenvalue weighted by Gasteiger charge is 2.27. The summed E-state index contributed by atoms with van der Waals surface area (Å²) in [7, 11) is 0. The molecule has 1 aliphatic heterocycles. The Hall–Kier alpha value is -1.59. The van der Waals surface area contributed by atoms with Crippen molar-refractivity contribution in [3.05, 3.63) is 35.4 Å². The Kier molecular flexibility index (Phi) is 7.26. The normalized spacial score (nSPS) is 26.3. The topological polar surface area (TPSA) is 78.4 Å². The Morgan fingerprint density at radius 3 is 2.24 bits per heavy atom. The molecule has 6 heteroatoms. The predicted octanol–water partition coefficient (Wildman–Crippen LogP) is 3.09. The zero-order valence-electron chi connectivity index (χ0n) is 14.4. The number of halogens is 1. The highest BCUT2D eigenvalue weighted by molar-refractivity contribution is 5.87. The second-order valence-corrected chi connectivity index (χ2v) is 6.99. The van der Waals surface area contributed by atoms with E-state index < -0.39 is 5.97 Å². The van der Waals surface area contributed by atoms with Gasteiger partial charge in [-0.2, -0.15) is 0 Å². The maximum Gasteiger partial charge on any atom is 0.335 e. The quantitative estimate of drug-likeness (QED) is 0.765. The highest BCUT2D eigenvalue weighted by atomic mass is 35.5. The van der Waals surface area contributed by atoms with E-state index in [4.69, 9.17) is 5.11 Å². The Balaban J connectivity index is 0.00000225. The van der Waals surface area contributed by atoms with Crippen LogP contribution in [0.4, 0.5) is 0 Å². The summed E-state index contributed by atoms with van der Waals surface area (Å²) >= 11 is 0. The molecule has 1 saturated carbocycles. The van der Waals surface area contributed by atoms with Crippen LogP contribution in [0.3, 0.4) is 0 Å². The van der Waals surface area contributed by atoms with Crippen molar-refractivity contribution in [2.24, 2.45) is 0 Å². The first-order chi connectivity index (χ1) is 11.6. The summed E-state index contributed by atoms with van der Waals surface area (Å²) in [5.74, 6) is -0.262. The summed E-state index contributed by atoms with van der Waals surface area (Å²) in [5.41, 5.74) is 1.54. The second kappa shape index (κ2) is 9.20. The van der Waals surface area contributed by atoms with Crippen molar-refractivity contribution in [1.82, 2.24) is 10.6 Å². The van der Waals surface area contributed by atoms with Crippen molar-refractivity contribution in [3.63, 3.8) is 0 Å². The minimum atomic E-state index is -0.885. The Bertz CT molecular complexity index is 577. The molecule has 3 rings (SSSR count). The van der Waals surface area contributed by atoms with Crippen LogP contribution in [0.5, 0.6) is 0 Å². The van der Waals surface area contributed by atoms with Gasteiger partial charge in [0.1, 0.15) is 0 Å². The van der Waals surface area contributed by atoms with Gasteiger partial charge in [-0.15, -0.1) is 12.4 Å². The molecular formula is C19H27ClN2O3. The molecule has 1 aromatic carbocycles. The molecule has 1 atom stereocenters. The Morgan fingerprint density at radius 1 is 1.00 bits per heavy atom. The van der Waals surface area contributed by atoms with Crippen molar-refractivity contribution < 1.29 is 14.7 Å². The van der Waals surface area contributed by atoms with E-state index in [1.807, 2.05) is 12.1 Å². The van der Waals surface area contributed by atoms with Crippen LogP contribution in [0.1, 0.15) is 66.8 Å². The molecular weight excluding hydrogens is 340 g/mol. The summed E-state index contributed by atoms with van der Waals surface area (Å²) in [6.07, 6.45) is 7.29. The van der Waals surface area contributed by atoms with E-state index in [9.17, 15) is 9.59 Å². The van der Waals surface area contributed by atoms with E-state index in [2.05, 4.69) is 10.6 Å². The summed E-state index contributed by atoms with van der Waals surface area (Å²) in [6.45, 7) is 0.942. The van der Waals surface area contributed by atoms with Gasteiger partial charge in [-0.1, -0.05) is 18.6 Å². The van der Waals surface area contributed by atoms with Crippen LogP contribution in [0.25, 0.3) is 0 Å². The molecule has 1 aliphatic carbocycles. The van der Waals surface area contributed by atoms with Crippen LogP contribution in [0.15, 0.2) is 24.3 Å². The minimum Gasteiger partial charge on any atom is -0.478 e. The fourth-order valence-corrected chi connectivity index (χ4v) is 3.85. The van der Waals surface area contributed by atoms with Gasteiger partial charge in [-0.05, 0) is 68.7 Å². The molecule has 0 unspecified atom stereocenters. The molecule has 3 N–H and O–H groups in total. The number of carboxylic acid groups (broad SMARTS) is 1. The van der Waals surface area contributed by atoms with E-state index >= 15 is 0 Å². The van der Waals surface area contributed by atoms with E-state index in [0.717, 1.165) is 51.5 Å². The van der Waals surface area contributed by atoms with E-state index in [0.29, 0.717) is 11.5 Å². The SMILES string of the molecule is Cl.O=C(O)c1ccc(C2CCC(NC(=O)[C@H]3CCCCN3)CC2)cc1. The van der Waals surface area contributed by atoms with Crippen LogP contribution < -0.4 is 10.6 Å². The van der Waals surface area contributed by atoms with Crippen LogP contribution in [-0.4, -0.2) is 35.6 Å². The first kappa shape index (κ1) is 19.7. The molecule has 2 aliphatic rings. The van der Waals surface area contributed by atoms with Gasteiger partial charge >= 0.3 is 5.97 Å². The largest absolute Gasteiger partial charge is 0.478 e. The van der Waals surface area contributed by atoms with Crippen molar-refractivity contribution in [2.45, 2.75) is 62.9 Å². The molecule has 1 aromatic rings. The molecule has 0 bridgehead atoms. The Labute approximate surface area is 155 Å². The number of rotatable bonds is 4. The van der Waals surface area contributed by atoms with Gasteiger partial charge in [-0.3, -0.25) is 4.79 Å². The molecule has 25 heavy (non-hydrogen) atoms. The molecule has 0 aromatic heterocycles. The zero-order chi connectivity index (χ0) is 16.9. The summed E-state index contributed by atoms with van der Waals surface area (Å²) in [6, 6.07) is 7.48. The van der Waals surface area contributed by atoms with Crippen LogP contribution >= 0.6 is 12.4 Å². The number of carboxylic acids is 1. The van der Waals surface area contributed by atoms with E-state index in [1.165, 1.54) is 5.56 Å². The fraction of sp³-hybridized carbons (Fsp3) is 0.579. The predicted molar refractivity (Wildman–Crippen MR) is 99.4 cm³/mol. The third-order valence-corrected chi connectivity index (χ3v) is 5.33. The van der Waals surface area contributed by atoms with Crippen LogP contribution in [-0.2, 0) is 4.79 Å². The van der Waals surface area contributed by atoms with Crippen molar-refractivity contribution in [3.8, 4) is 0 Å². The molecule has 2 fully saturated rings. The van der Waals surface area contributed by atoms with Crippen molar-refractivity contribution >= 4 is 24.3 Å². The van der Waals surface area contributed by atoms with Gasteiger partial charge in [0.2, 0.25) is 5.91 Å². The second-order valence-electron chi connectivity index (χ2n) is 6.99. The van der Waals surface area contributed by atoms with Crippen molar-refractivity contribution in [2.75, 3.05) is 6.54 Å². The Morgan fingerprint density at radius 2 is 1.68 bits per heavy atom. The average Bonchev–Trinajstić information content (AvgIpc) is 2.63. The number of carbonyl (C=O) groups is 2. The molecule has 0 radical (unpaired) electrons. The molecule has 138 valence electrons. The molecule has 1 heterocycles. The van der Waals surface area contributed by atoms with Gasteiger partial charge in [0.05, 0.1) is 11.6 Å². The lowest BCUT2D eigenvalue weighted by Crippen LogP contribution is -2.50. The maximum atomic E-state index is 12.3. The summed E-state index contributed by atoms with van der Waals surface area (Å²) in [4.78, 5) is 23.2. The molecule has 1 amide bonds. The smallest absolute Gasteiger partial charge is 0.335 e. The fourth-order valence-electron chi connectivity index (χ4n) is 3.85. The summed E-state index contributed by atoms with van der Waals surface area (Å²) in [5, 5.41) is 15.5. The van der Waals surface area contributed by atoms with Gasteiger partial charge in [0.25, 0.3) is 0 Å². The van der Waals surface area contributed by atoms with Gasteiger partial charge in [0.15, 0.2) is 0 Å². The maximum absolute atomic E-state index is 12.3. The van der Waals surface area contributed by atoms with Gasteiger partial charge < -0.3 is 15.7 Å². The molecule has 1 saturated heterocycles. The van der Waals surface area contributed by atoms with E-state index in [-0.39, 0.29) is 30.4 Å². The monoisotopic (exact) mass is 366 g/mol. The zero-order valence-corrected chi connectivity index (χ0v) is 15.2. The third-order valence-electron chi connectivity index (χ3n) is 5.33. The number of piperidine rings is 1. The lowest BCUT2D eigenvalue weighted by molar-refractivity contribution is -0.124. The van der Waals surface area contributed by atoms with Crippen molar-refractivity contribution in [1.29, 1.82) is 0 Å². The number of benzene rings is 1. The van der Waals surface area contributed by atoms with Gasteiger partial charge in [-0.25, -0.2) is 4.79 Å². The van der Waals surface area contributed by atoms with Crippen LogP contribution in [0.2, 0.25) is 0 Å². The third kappa shape index (κ3) is 5.19.